The topological polar surface area (TPSA) is 60.0 Å². The van der Waals surface area contributed by atoms with Gasteiger partial charge in [-0.15, -0.1) is 0 Å². The Morgan fingerprint density at radius 3 is 2.61 bits per heavy atom. The lowest BCUT2D eigenvalue weighted by molar-refractivity contribution is 0.256. The Hall–Kier alpha value is -1.60. The Balaban J connectivity index is 1.38. The summed E-state index contributed by atoms with van der Waals surface area (Å²) >= 11 is 0. The van der Waals surface area contributed by atoms with Gasteiger partial charge in [0.1, 0.15) is 0 Å². The van der Waals surface area contributed by atoms with Crippen molar-refractivity contribution in [2.75, 3.05) is 56.5 Å². The zero-order chi connectivity index (χ0) is 21.9. The number of hydrogen-bond acceptors (Lipinski definition) is 4. The van der Waals surface area contributed by atoms with Gasteiger partial charge < -0.3 is 15.5 Å². The van der Waals surface area contributed by atoms with Gasteiger partial charge in [-0.25, -0.2) is 0 Å². The van der Waals surface area contributed by atoms with E-state index in [4.69, 9.17) is 4.99 Å². The highest BCUT2D eigenvalue weighted by atomic mass is 32.2. The Morgan fingerprint density at radius 2 is 1.90 bits per heavy atom. The molecule has 1 heterocycles. The van der Waals surface area contributed by atoms with Crippen LogP contribution in [0.4, 0.5) is 5.69 Å². The van der Waals surface area contributed by atoms with E-state index in [1.807, 2.05) is 6.92 Å². The van der Waals surface area contributed by atoms with Crippen LogP contribution in [0.25, 0.3) is 0 Å². The number of aliphatic imine (C=N–C) groups is 1. The van der Waals surface area contributed by atoms with Crippen LogP contribution in [0.3, 0.4) is 0 Å². The summed E-state index contributed by atoms with van der Waals surface area (Å²) in [5, 5.41) is 7.35. The average molecular weight is 448 g/mol. The fourth-order valence-electron chi connectivity index (χ4n) is 4.62. The number of anilines is 1. The number of rotatable bonds is 9. The molecule has 0 aromatic heterocycles. The standard InChI is InChI=1S/C24H41N5OS/c1-3-25-24(27-21-10-8-13-23(20-21)31(30)4-2)26-14-9-15-28-16-18-29(19-17-28)22-11-6-5-7-12-22/h5-7,11-12,21,23H,3-4,8-10,13-20H2,1-2H3,(H2,25,26,27). The number of piperazine rings is 1. The summed E-state index contributed by atoms with van der Waals surface area (Å²) in [4.78, 5) is 9.86. The van der Waals surface area contributed by atoms with Crippen molar-refractivity contribution < 1.29 is 4.21 Å². The Bertz CT molecular complexity index is 690. The molecular weight excluding hydrogens is 406 g/mol. The van der Waals surface area contributed by atoms with E-state index in [2.05, 4.69) is 57.7 Å². The molecule has 3 atom stereocenters. The second-order valence-corrected chi connectivity index (χ2v) is 10.6. The molecular formula is C24H41N5OS. The van der Waals surface area contributed by atoms with Crippen LogP contribution in [0, 0.1) is 0 Å². The SMILES string of the molecule is CCNC(=NCCCN1CCN(c2ccccc2)CC1)NC1CCCC(S(=O)CC)C1. The van der Waals surface area contributed by atoms with E-state index >= 15 is 0 Å². The molecule has 3 unspecified atom stereocenters. The molecule has 1 aliphatic carbocycles. The van der Waals surface area contributed by atoms with Crippen LogP contribution in [0.5, 0.6) is 0 Å². The summed E-state index contributed by atoms with van der Waals surface area (Å²) < 4.78 is 12.2. The van der Waals surface area contributed by atoms with Gasteiger partial charge in [-0.05, 0) is 44.7 Å². The van der Waals surface area contributed by atoms with Gasteiger partial charge in [0.05, 0.1) is 0 Å². The number of guanidine groups is 1. The van der Waals surface area contributed by atoms with E-state index in [-0.39, 0.29) is 0 Å². The Kier molecular flexibility index (Phi) is 10.1. The summed E-state index contributed by atoms with van der Waals surface area (Å²) in [5.74, 6) is 1.69. The van der Waals surface area contributed by atoms with Gasteiger partial charge in [-0.2, -0.15) is 0 Å². The van der Waals surface area contributed by atoms with Crippen LogP contribution in [0.2, 0.25) is 0 Å². The predicted octanol–water partition coefficient (Wildman–Crippen LogP) is 2.83. The highest BCUT2D eigenvalue weighted by Crippen LogP contribution is 2.23. The zero-order valence-corrected chi connectivity index (χ0v) is 20.2. The van der Waals surface area contributed by atoms with Crippen molar-refractivity contribution in [1.29, 1.82) is 0 Å². The van der Waals surface area contributed by atoms with Gasteiger partial charge in [0.25, 0.3) is 0 Å². The molecule has 1 aromatic carbocycles. The van der Waals surface area contributed by atoms with Crippen molar-refractivity contribution in [3.05, 3.63) is 30.3 Å². The Labute approximate surface area is 191 Å². The van der Waals surface area contributed by atoms with Crippen LogP contribution in [0.1, 0.15) is 46.0 Å². The molecule has 174 valence electrons. The van der Waals surface area contributed by atoms with Gasteiger partial charge in [-0.1, -0.05) is 31.5 Å². The van der Waals surface area contributed by atoms with Gasteiger partial charge in [-0.3, -0.25) is 14.1 Å². The lowest BCUT2D eigenvalue weighted by Crippen LogP contribution is -2.47. The molecule has 6 nitrogen and oxygen atoms in total. The van der Waals surface area contributed by atoms with E-state index < -0.39 is 10.8 Å². The molecule has 1 aromatic rings. The first-order valence-corrected chi connectivity index (χ1v) is 13.5. The zero-order valence-electron chi connectivity index (χ0n) is 19.4. The monoisotopic (exact) mass is 447 g/mol. The molecule has 0 radical (unpaired) electrons. The summed E-state index contributed by atoms with van der Waals surface area (Å²) in [6, 6.07) is 11.1. The number of benzene rings is 1. The quantitative estimate of drug-likeness (QED) is 0.346. The van der Waals surface area contributed by atoms with Gasteiger partial charge >= 0.3 is 0 Å². The van der Waals surface area contributed by atoms with Crippen molar-refractivity contribution in [1.82, 2.24) is 15.5 Å². The molecule has 2 N–H and O–H groups in total. The summed E-state index contributed by atoms with van der Waals surface area (Å²) in [6.45, 7) is 11.4. The summed E-state index contributed by atoms with van der Waals surface area (Å²) in [6.07, 6.45) is 5.48. The highest BCUT2D eigenvalue weighted by molar-refractivity contribution is 7.85. The molecule has 1 saturated heterocycles. The van der Waals surface area contributed by atoms with Crippen LogP contribution in [0.15, 0.2) is 35.3 Å². The lowest BCUT2D eigenvalue weighted by Gasteiger charge is -2.36. The van der Waals surface area contributed by atoms with Crippen LogP contribution in [-0.4, -0.2) is 77.9 Å². The lowest BCUT2D eigenvalue weighted by atomic mass is 9.95. The van der Waals surface area contributed by atoms with Crippen LogP contribution >= 0.6 is 0 Å². The summed E-state index contributed by atoms with van der Waals surface area (Å²) in [5.41, 5.74) is 1.33. The third kappa shape index (κ3) is 7.79. The molecule has 3 rings (SSSR count). The van der Waals surface area contributed by atoms with Gasteiger partial charge in [0, 0.05) is 79.3 Å². The van der Waals surface area contributed by atoms with E-state index in [1.165, 1.54) is 5.69 Å². The summed E-state index contributed by atoms with van der Waals surface area (Å²) in [7, 11) is -0.687. The first kappa shape index (κ1) is 24.1. The number of hydrogen-bond donors (Lipinski definition) is 2. The van der Waals surface area contributed by atoms with E-state index in [9.17, 15) is 4.21 Å². The molecule has 1 aliphatic heterocycles. The normalized spacial score (nSPS) is 24.1. The highest BCUT2D eigenvalue weighted by Gasteiger charge is 2.26. The first-order chi connectivity index (χ1) is 15.2. The molecule has 2 aliphatic rings. The van der Waals surface area contributed by atoms with Crippen LogP contribution < -0.4 is 15.5 Å². The Morgan fingerprint density at radius 1 is 1.13 bits per heavy atom. The molecule has 0 spiro atoms. The second kappa shape index (κ2) is 13.1. The number of para-hydroxylation sites is 1. The second-order valence-electron chi connectivity index (χ2n) is 8.58. The van der Waals surface area contributed by atoms with Crippen molar-refractivity contribution in [3.63, 3.8) is 0 Å². The smallest absolute Gasteiger partial charge is 0.191 e. The van der Waals surface area contributed by atoms with Crippen molar-refractivity contribution in [2.24, 2.45) is 4.99 Å². The largest absolute Gasteiger partial charge is 0.369 e. The van der Waals surface area contributed by atoms with Crippen LogP contribution in [-0.2, 0) is 10.8 Å². The van der Waals surface area contributed by atoms with Crippen molar-refractivity contribution in [2.45, 2.75) is 57.2 Å². The van der Waals surface area contributed by atoms with E-state index in [0.29, 0.717) is 11.3 Å². The van der Waals surface area contributed by atoms with Gasteiger partial charge in [0.15, 0.2) is 5.96 Å². The molecule has 0 amide bonds. The molecule has 1 saturated carbocycles. The predicted molar refractivity (Wildman–Crippen MR) is 134 cm³/mol. The minimum atomic E-state index is -0.687. The maximum atomic E-state index is 12.2. The number of nitrogens with zero attached hydrogens (tertiary/aromatic N) is 3. The van der Waals surface area contributed by atoms with E-state index in [0.717, 1.165) is 89.6 Å². The van der Waals surface area contributed by atoms with Crippen molar-refractivity contribution >= 4 is 22.4 Å². The van der Waals surface area contributed by atoms with E-state index in [1.54, 1.807) is 0 Å². The van der Waals surface area contributed by atoms with Crippen molar-refractivity contribution in [3.8, 4) is 0 Å². The average Bonchev–Trinajstić information content (AvgIpc) is 2.82. The molecule has 2 fully saturated rings. The van der Waals surface area contributed by atoms with Gasteiger partial charge in [0.2, 0.25) is 0 Å². The molecule has 31 heavy (non-hydrogen) atoms. The third-order valence-corrected chi connectivity index (χ3v) is 8.10. The fourth-order valence-corrected chi connectivity index (χ4v) is 5.97. The third-order valence-electron chi connectivity index (χ3n) is 6.36. The minimum Gasteiger partial charge on any atom is -0.369 e. The first-order valence-electron chi connectivity index (χ1n) is 12.1. The molecule has 0 bridgehead atoms. The molecule has 7 heteroatoms. The number of nitrogens with one attached hydrogen (secondary N) is 2. The minimum absolute atomic E-state index is 0.341. The maximum absolute atomic E-state index is 12.2. The maximum Gasteiger partial charge on any atom is 0.191 e. The fraction of sp³-hybridized carbons (Fsp3) is 0.708.